The lowest BCUT2D eigenvalue weighted by molar-refractivity contribution is -0.571. The number of H-pyrrole nitrogens is 1. The normalized spacial score (nSPS) is 25.5. The topological polar surface area (TPSA) is 127 Å². The van der Waals surface area contributed by atoms with Crippen LogP contribution in [-0.4, -0.2) is 69.3 Å². The van der Waals surface area contributed by atoms with E-state index in [1.54, 1.807) is 25.4 Å². The highest BCUT2D eigenvalue weighted by Crippen LogP contribution is 2.34. The second kappa shape index (κ2) is 9.79. The highest BCUT2D eigenvalue weighted by Gasteiger charge is 2.53. The van der Waals surface area contributed by atoms with Crippen LogP contribution in [-0.2, 0) is 14.3 Å². The highest BCUT2D eigenvalue weighted by molar-refractivity contribution is 7.17. The van der Waals surface area contributed by atoms with Crippen LogP contribution >= 0.6 is 22.9 Å². The predicted molar refractivity (Wildman–Crippen MR) is 128 cm³/mol. The van der Waals surface area contributed by atoms with Crippen molar-refractivity contribution in [2.75, 3.05) is 13.2 Å². The summed E-state index contributed by atoms with van der Waals surface area (Å²) >= 11 is 7.58. The van der Waals surface area contributed by atoms with Crippen molar-refractivity contribution in [2.24, 2.45) is 5.92 Å². The average molecular weight is 521 g/mol. The Bertz CT molecular complexity index is 1210. The molecule has 2 saturated heterocycles. The van der Waals surface area contributed by atoms with Crippen LogP contribution in [0.15, 0.2) is 18.5 Å². The Morgan fingerprint density at radius 3 is 2.86 bits per heavy atom. The molecule has 2 aromatic rings. The van der Waals surface area contributed by atoms with Crippen LogP contribution in [0.1, 0.15) is 47.6 Å². The van der Waals surface area contributed by atoms with E-state index in [4.69, 9.17) is 16.3 Å². The molecule has 0 bridgehead atoms. The number of aromatic nitrogens is 3. The van der Waals surface area contributed by atoms with Gasteiger partial charge in [0.2, 0.25) is 5.91 Å². The molecular weight excluding hydrogens is 494 g/mol. The summed E-state index contributed by atoms with van der Waals surface area (Å²) in [6.45, 7) is 1.84. The van der Waals surface area contributed by atoms with Gasteiger partial charge in [0, 0.05) is 31.3 Å². The number of carbonyl (C=O) groups is 3. The van der Waals surface area contributed by atoms with E-state index in [0.717, 1.165) is 42.5 Å². The molecule has 2 amide bonds. The van der Waals surface area contributed by atoms with Gasteiger partial charge < -0.3 is 15.0 Å². The number of ketones is 1. The Balaban J connectivity index is 1.37. The Kier molecular flexibility index (Phi) is 6.73. The van der Waals surface area contributed by atoms with E-state index in [1.807, 2.05) is 0 Å². The van der Waals surface area contributed by atoms with E-state index < -0.39 is 29.5 Å². The zero-order valence-electron chi connectivity index (χ0n) is 19.2. The van der Waals surface area contributed by atoms with Gasteiger partial charge in [0.05, 0.1) is 21.4 Å². The number of ether oxygens (including phenoxy) is 1. The average Bonchev–Trinajstić information content (AvgIpc) is 3.57. The maximum Gasteiger partial charge on any atom is 0.280 e. The number of rotatable bonds is 5. The first-order valence-electron chi connectivity index (χ1n) is 11.8. The van der Waals surface area contributed by atoms with Crippen LogP contribution in [0, 0.1) is 17.7 Å². The third kappa shape index (κ3) is 4.64. The summed E-state index contributed by atoms with van der Waals surface area (Å²) in [6, 6.07) is 0.249. The second-order valence-corrected chi connectivity index (χ2v) is 11.0. The molecule has 0 radical (unpaired) electrons. The molecule has 10 nitrogen and oxygen atoms in total. The number of fused-ring (bicyclic) bond motifs is 1. The molecule has 2 N–H and O–H groups in total. The number of hydrogen-bond donors (Lipinski definition) is 2. The van der Waals surface area contributed by atoms with Gasteiger partial charge in [-0.3, -0.25) is 14.4 Å². The number of nitrogens with one attached hydrogen (secondary N) is 2. The molecule has 3 fully saturated rings. The monoisotopic (exact) mass is 520 g/mol. The third-order valence-corrected chi connectivity index (χ3v) is 8.52. The van der Waals surface area contributed by atoms with Crippen LogP contribution in [0.4, 0.5) is 0 Å². The van der Waals surface area contributed by atoms with E-state index in [1.165, 1.54) is 16.2 Å². The number of aryl methyl sites for hydroxylation is 1. The number of carbonyl (C=O) groups excluding carboxylic acids is 3. The summed E-state index contributed by atoms with van der Waals surface area (Å²) < 4.78 is 6.17. The van der Waals surface area contributed by atoms with Crippen LogP contribution in [0.3, 0.4) is 0 Å². The van der Waals surface area contributed by atoms with Crippen molar-refractivity contribution in [3.05, 3.63) is 34.1 Å². The van der Waals surface area contributed by atoms with Crippen molar-refractivity contribution in [3.8, 4) is 10.4 Å². The number of alkyl halides is 1. The number of Topliss-reactive ketones (excluding diaryl/α,β-unsaturated/α-hetero) is 1. The summed E-state index contributed by atoms with van der Waals surface area (Å²) in [5.74, 6) is -0.900. The quantitative estimate of drug-likeness (QED) is 0.457. The number of aromatic amines is 1. The fraction of sp³-hybridized carbons (Fsp3) is 0.565. The van der Waals surface area contributed by atoms with Gasteiger partial charge in [0.15, 0.2) is 15.3 Å². The molecule has 186 valence electrons. The molecule has 2 aliphatic heterocycles. The van der Waals surface area contributed by atoms with Gasteiger partial charge >= 0.3 is 0 Å². The molecule has 0 aromatic carbocycles. The van der Waals surface area contributed by atoms with E-state index >= 15 is 0 Å². The number of amides is 2. The predicted octanol–water partition coefficient (Wildman–Crippen LogP) is 1.83. The van der Waals surface area contributed by atoms with Crippen LogP contribution in [0.5, 0.6) is 0 Å². The Labute approximate surface area is 210 Å². The zero-order valence-corrected chi connectivity index (χ0v) is 20.8. The summed E-state index contributed by atoms with van der Waals surface area (Å²) in [6.07, 6.45) is 7.35. The van der Waals surface area contributed by atoms with Crippen molar-refractivity contribution in [1.29, 1.82) is 0 Å². The SMILES string of the molecule is Cc1cc(-c2cnc(C(=O)N[C@H](C(=O)N3C[C@H](Cl)[C@H]4OCC(=O)[C@H]43)C3CCCCC3)s2)c[nH][n+]1=O. The fourth-order valence-corrected chi connectivity index (χ4v) is 6.43. The lowest BCUT2D eigenvalue weighted by Crippen LogP contribution is -2.55. The standard InChI is InChI=1S/C23H26ClN5O5S/c1-12-7-14(8-26-29(12)33)17-9-25-22(35-17)21(31)27-18(13-5-3-2-4-6-13)23(32)28-10-15(24)20-19(28)16(30)11-34-20/h7-9,13,15,18-20H,2-6,10-11H2,1H3,(H-,26,27,31,33)/p+1/t15-,18-,19+,20+/m0/s1. The van der Waals surface area contributed by atoms with Crippen molar-refractivity contribution in [3.63, 3.8) is 0 Å². The molecule has 1 saturated carbocycles. The first kappa shape index (κ1) is 24.1. The van der Waals surface area contributed by atoms with Crippen molar-refractivity contribution >= 4 is 40.5 Å². The second-order valence-electron chi connectivity index (χ2n) is 9.38. The molecular formula is C23H27ClN5O5S+. The van der Waals surface area contributed by atoms with Gasteiger partial charge in [-0.15, -0.1) is 28.0 Å². The minimum atomic E-state index is -0.766. The maximum absolute atomic E-state index is 13.7. The Morgan fingerprint density at radius 1 is 1.34 bits per heavy atom. The van der Waals surface area contributed by atoms with Crippen LogP contribution in [0.25, 0.3) is 10.4 Å². The molecule has 2 aromatic heterocycles. The van der Waals surface area contributed by atoms with E-state index in [-0.39, 0.29) is 35.8 Å². The molecule has 12 heteroatoms. The van der Waals surface area contributed by atoms with Gasteiger partial charge in [-0.1, -0.05) is 19.3 Å². The summed E-state index contributed by atoms with van der Waals surface area (Å²) in [7, 11) is 0. The summed E-state index contributed by atoms with van der Waals surface area (Å²) in [5.41, 5.74) is 1.22. The first-order chi connectivity index (χ1) is 16.8. The van der Waals surface area contributed by atoms with E-state index in [2.05, 4.69) is 15.4 Å². The molecule has 35 heavy (non-hydrogen) atoms. The maximum atomic E-state index is 13.7. The molecule has 4 atom stereocenters. The first-order valence-corrected chi connectivity index (χ1v) is 13.1. The number of hydrogen-bond acceptors (Lipinski definition) is 7. The van der Waals surface area contributed by atoms with Crippen LogP contribution in [0.2, 0.25) is 0 Å². The molecule has 4 heterocycles. The lowest BCUT2D eigenvalue weighted by atomic mass is 9.83. The highest BCUT2D eigenvalue weighted by atomic mass is 35.5. The molecule has 3 aliphatic rings. The number of likely N-dealkylation sites (tertiary alicyclic amines) is 1. The minimum Gasteiger partial charge on any atom is -0.366 e. The van der Waals surface area contributed by atoms with Crippen LogP contribution < -0.4 is 9.86 Å². The zero-order chi connectivity index (χ0) is 24.7. The van der Waals surface area contributed by atoms with Crippen molar-refractivity contribution < 1.29 is 23.7 Å². The molecule has 0 spiro atoms. The molecule has 5 rings (SSSR count). The van der Waals surface area contributed by atoms with Gasteiger partial charge in [0.25, 0.3) is 11.6 Å². The Morgan fingerprint density at radius 2 is 2.11 bits per heavy atom. The van der Waals surface area contributed by atoms with Crippen molar-refractivity contribution in [1.82, 2.24) is 20.3 Å². The van der Waals surface area contributed by atoms with E-state index in [0.29, 0.717) is 10.2 Å². The number of nitrogens with zero attached hydrogens (tertiary/aromatic N) is 3. The summed E-state index contributed by atoms with van der Waals surface area (Å²) in [5, 5.41) is 5.29. The van der Waals surface area contributed by atoms with Gasteiger partial charge in [-0.05, 0) is 18.8 Å². The minimum absolute atomic E-state index is 0.0243. The third-order valence-electron chi connectivity index (χ3n) is 7.09. The smallest absolute Gasteiger partial charge is 0.280 e. The molecule has 0 unspecified atom stereocenters. The van der Waals surface area contributed by atoms with E-state index in [9.17, 15) is 19.3 Å². The van der Waals surface area contributed by atoms with Gasteiger partial charge in [-0.25, -0.2) is 4.98 Å². The van der Waals surface area contributed by atoms with Gasteiger partial charge in [-0.2, -0.15) is 0 Å². The largest absolute Gasteiger partial charge is 0.366 e. The summed E-state index contributed by atoms with van der Waals surface area (Å²) in [4.78, 5) is 57.5. The Hall–Kier alpha value is -2.63. The molecule has 1 aliphatic carbocycles. The number of thiazole rings is 1. The van der Waals surface area contributed by atoms with Crippen molar-refractivity contribution in [2.45, 2.75) is 62.6 Å². The van der Waals surface area contributed by atoms with Gasteiger partial charge in [0.1, 0.15) is 24.8 Å². The fourth-order valence-electron chi connectivity index (χ4n) is 5.26. The number of halogens is 1. The lowest BCUT2D eigenvalue weighted by Gasteiger charge is -2.34.